The molecule has 2 heterocycles. The largest absolute Gasteiger partial charge is 0.382 e. The van der Waals surface area contributed by atoms with Crippen molar-refractivity contribution in [2.24, 2.45) is 11.8 Å². The van der Waals surface area contributed by atoms with E-state index in [0.29, 0.717) is 18.5 Å². The molecule has 0 aromatic heterocycles. The first-order valence-electron chi connectivity index (χ1n) is 9.90. The van der Waals surface area contributed by atoms with E-state index in [1.165, 1.54) is 0 Å². The molecule has 1 amide bonds. The van der Waals surface area contributed by atoms with E-state index in [1.54, 1.807) is 0 Å². The quantitative estimate of drug-likeness (QED) is 0.534. The van der Waals surface area contributed by atoms with E-state index in [-0.39, 0.29) is 11.8 Å². The summed E-state index contributed by atoms with van der Waals surface area (Å²) in [7, 11) is 0. The van der Waals surface area contributed by atoms with Gasteiger partial charge in [0, 0.05) is 44.8 Å². The lowest BCUT2D eigenvalue weighted by molar-refractivity contribution is -0.127. The minimum absolute atomic E-state index is 0.158. The fraction of sp³-hybridized carbons (Fsp3) is 0.850. The van der Waals surface area contributed by atoms with Crippen LogP contribution in [-0.2, 0) is 9.53 Å². The lowest BCUT2D eigenvalue weighted by Gasteiger charge is -2.38. The fourth-order valence-electron chi connectivity index (χ4n) is 3.97. The van der Waals surface area contributed by atoms with Crippen LogP contribution in [0.25, 0.3) is 0 Å². The number of ether oxygens (including phenoxy) is 1. The SMILES string of the molecule is C#CCN1CCC(C(=O)NC2CCN(CCCOCC)CC2C)CC1. The van der Waals surface area contributed by atoms with Crippen LogP contribution in [-0.4, -0.2) is 74.2 Å². The van der Waals surface area contributed by atoms with Gasteiger partial charge in [-0.15, -0.1) is 6.42 Å². The lowest BCUT2D eigenvalue weighted by Crippen LogP contribution is -2.52. The van der Waals surface area contributed by atoms with Crippen molar-refractivity contribution in [3.63, 3.8) is 0 Å². The molecule has 2 fully saturated rings. The predicted molar refractivity (Wildman–Crippen MR) is 101 cm³/mol. The highest BCUT2D eigenvalue weighted by Gasteiger charge is 2.30. The molecule has 2 aliphatic rings. The van der Waals surface area contributed by atoms with Crippen LogP contribution in [0.2, 0.25) is 0 Å². The third-order valence-electron chi connectivity index (χ3n) is 5.56. The number of rotatable bonds is 8. The first kappa shape index (κ1) is 20.2. The molecule has 0 aromatic rings. The second-order valence-corrected chi connectivity index (χ2v) is 7.49. The first-order chi connectivity index (χ1) is 12.1. The van der Waals surface area contributed by atoms with Crippen LogP contribution < -0.4 is 5.32 Å². The van der Waals surface area contributed by atoms with Gasteiger partial charge in [0.25, 0.3) is 0 Å². The normalized spacial score (nSPS) is 26.3. The molecule has 0 spiro atoms. The molecule has 2 atom stereocenters. The molecule has 142 valence electrons. The Hall–Kier alpha value is -1.09. The Morgan fingerprint density at radius 1 is 1.24 bits per heavy atom. The summed E-state index contributed by atoms with van der Waals surface area (Å²) in [6, 6.07) is 0.319. The predicted octanol–water partition coefficient (Wildman–Crippen LogP) is 1.58. The van der Waals surface area contributed by atoms with Gasteiger partial charge in [-0.1, -0.05) is 12.8 Å². The van der Waals surface area contributed by atoms with E-state index < -0.39 is 0 Å². The maximum Gasteiger partial charge on any atom is 0.223 e. The first-order valence-corrected chi connectivity index (χ1v) is 9.90. The van der Waals surface area contributed by atoms with E-state index in [9.17, 15) is 4.79 Å². The van der Waals surface area contributed by atoms with Crippen LogP contribution in [0.3, 0.4) is 0 Å². The van der Waals surface area contributed by atoms with Crippen molar-refractivity contribution in [1.82, 2.24) is 15.1 Å². The highest BCUT2D eigenvalue weighted by molar-refractivity contribution is 5.79. The minimum atomic E-state index is 0.158. The Morgan fingerprint density at radius 2 is 1.96 bits per heavy atom. The number of terminal acetylenes is 1. The van der Waals surface area contributed by atoms with Crippen LogP contribution >= 0.6 is 0 Å². The molecule has 2 unspecified atom stereocenters. The zero-order valence-electron chi connectivity index (χ0n) is 16.0. The lowest BCUT2D eigenvalue weighted by atomic mass is 9.91. The third kappa shape index (κ3) is 6.62. The average molecular weight is 350 g/mol. The van der Waals surface area contributed by atoms with E-state index in [4.69, 9.17) is 11.2 Å². The molecule has 25 heavy (non-hydrogen) atoms. The van der Waals surface area contributed by atoms with E-state index in [0.717, 1.165) is 71.6 Å². The Morgan fingerprint density at radius 3 is 2.60 bits per heavy atom. The number of nitrogens with one attached hydrogen (secondary N) is 1. The fourth-order valence-corrected chi connectivity index (χ4v) is 3.97. The monoisotopic (exact) mass is 349 g/mol. The van der Waals surface area contributed by atoms with Crippen LogP contribution in [0.5, 0.6) is 0 Å². The van der Waals surface area contributed by atoms with E-state index >= 15 is 0 Å². The Kier molecular flexibility index (Phi) is 8.74. The molecule has 2 rings (SSSR count). The summed E-state index contributed by atoms with van der Waals surface area (Å²) in [5.41, 5.74) is 0. The number of carbonyl (C=O) groups is 1. The summed E-state index contributed by atoms with van der Waals surface area (Å²) < 4.78 is 5.42. The van der Waals surface area contributed by atoms with Crippen LogP contribution in [0.4, 0.5) is 0 Å². The van der Waals surface area contributed by atoms with Gasteiger partial charge in [-0.3, -0.25) is 9.69 Å². The van der Waals surface area contributed by atoms with Crippen molar-refractivity contribution in [2.45, 2.75) is 45.6 Å². The number of likely N-dealkylation sites (tertiary alicyclic amines) is 2. The van der Waals surface area contributed by atoms with Gasteiger partial charge in [-0.05, 0) is 51.6 Å². The van der Waals surface area contributed by atoms with Gasteiger partial charge >= 0.3 is 0 Å². The van der Waals surface area contributed by atoms with Crippen molar-refractivity contribution in [1.29, 1.82) is 0 Å². The Bertz CT molecular complexity index is 441. The number of carbonyl (C=O) groups excluding carboxylic acids is 1. The summed E-state index contributed by atoms with van der Waals surface area (Å²) in [6.07, 6.45) is 9.37. The molecule has 2 aliphatic heterocycles. The molecule has 5 heteroatoms. The zero-order valence-corrected chi connectivity index (χ0v) is 16.0. The molecule has 5 nitrogen and oxygen atoms in total. The molecule has 1 N–H and O–H groups in total. The van der Waals surface area contributed by atoms with E-state index in [1.807, 2.05) is 6.92 Å². The molecule has 2 saturated heterocycles. The second-order valence-electron chi connectivity index (χ2n) is 7.49. The standard InChI is InChI=1S/C20H35N3O2/c1-4-10-22-12-7-18(8-13-22)20(24)21-19-9-14-23(16-17(19)3)11-6-15-25-5-2/h1,17-19H,5-16H2,2-3H3,(H,21,24). The molecule has 0 aliphatic carbocycles. The second kappa shape index (κ2) is 10.8. The van der Waals surface area contributed by atoms with Gasteiger partial charge in [0.2, 0.25) is 5.91 Å². The Labute approximate surface area is 153 Å². The number of hydrogen-bond acceptors (Lipinski definition) is 4. The van der Waals surface area contributed by atoms with Gasteiger partial charge in [-0.25, -0.2) is 0 Å². The maximum atomic E-state index is 12.6. The van der Waals surface area contributed by atoms with Crippen LogP contribution in [0.1, 0.15) is 39.5 Å². The molecular formula is C20H35N3O2. The smallest absolute Gasteiger partial charge is 0.223 e. The summed E-state index contributed by atoms with van der Waals surface area (Å²) in [5, 5.41) is 3.33. The highest BCUT2D eigenvalue weighted by atomic mass is 16.5. The number of piperidine rings is 2. The maximum absolute atomic E-state index is 12.6. The van der Waals surface area contributed by atoms with Crippen molar-refractivity contribution in [2.75, 3.05) is 52.5 Å². The Balaban J connectivity index is 1.67. The highest BCUT2D eigenvalue weighted by Crippen LogP contribution is 2.21. The summed E-state index contributed by atoms with van der Waals surface area (Å²) in [6.45, 7) is 11.8. The van der Waals surface area contributed by atoms with E-state index in [2.05, 4.69) is 28.0 Å². The molecule has 0 bridgehead atoms. The molecular weight excluding hydrogens is 314 g/mol. The molecule has 0 radical (unpaired) electrons. The summed E-state index contributed by atoms with van der Waals surface area (Å²) in [5.74, 6) is 3.61. The topological polar surface area (TPSA) is 44.8 Å². The number of amides is 1. The molecule has 0 saturated carbocycles. The minimum Gasteiger partial charge on any atom is -0.382 e. The average Bonchev–Trinajstić information content (AvgIpc) is 2.62. The summed E-state index contributed by atoms with van der Waals surface area (Å²) >= 11 is 0. The van der Waals surface area contributed by atoms with Gasteiger partial charge < -0.3 is 15.0 Å². The molecule has 0 aromatic carbocycles. The van der Waals surface area contributed by atoms with Gasteiger partial charge in [0.05, 0.1) is 6.54 Å². The van der Waals surface area contributed by atoms with Gasteiger partial charge in [0.15, 0.2) is 0 Å². The number of hydrogen-bond donors (Lipinski definition) is 1. The summed E-state index contributed by atoms with van der Waals surface area (Å²) in [4.78, 5) is 17.4. The van der Waals surface area contributed by atoms with Crippen LogP contribution in [0, 0.1) is 24.2 Å². The van der Waals surface area contributed by atoms with Gasteiger partial charge in [0.1, 0.15) is 0 Å². The van der Waals surface area contributed by atoms with Crippen molar-refractivity contribution in [3.8, 4) is 12.3 Å². The zero-order chi connectivity index (χ0) is 18.1. The van der Waals surface area contributed by atoms with Crippen molar-refractivity contribution >= 4 is 5.91 Å². The number of nitrogens with zero attached hydrogens (tertiary/aromatic N) is 2. The van der Waals surface area contributed by atoms with Gasteiger partial charge in [-0.2, -0.15) is 0 Å². The van der Waals surface area contributed by atoms with Crippen molar-refractivity contribution < 1.29 is 9.53 Å². The third-order valence-corrected chi connectivity index (χ3v) is 5.56. The van der Waals surface area contributed by atoms with Crippen molar-refractivity contribution in [3.05, 3.63) is 0 Å². The van der Waals surface area contributed by atoms with Crippen LogP contribution in [0.15, 0.2) is 0 Å².